The van der Waals surface area contributed by atoms with Crippen LogP contribution >= 0.6 is 0 Å². The quantitative estimate of drug-likeness (QED) is 0.483. The number of nitrogens with zero attached hydrogens (tertiary/aromatic N) is 1. The fraction of sp³-hybridized carbons (Fsp3) is 0.571. The molecule has 0 saturated carbocycles. The van der Waals surface area contributed by atoms with Gasteiger partial charge < -0.3 is 4.74 Å². The maximum Gasteiger partial charge on any atom is 0.187 e. The van der Waals surface area contributed by atoms with Gasteiger partial charge in [0, 0.05) is 12.6 Å². The van der Waals surface area contributed by atoms with Crippen molar-refractivity contribution in [3.63, 3.8) is 0 Å². The summed E-state index contributed by atoms with van der Waals surface area (Å²) in [6.07, 6.45) is 3.91. The van der Waals surface area contributed by atoms with E-state index in [0.29, 0.717) is 0 Å². The minimum atomic E-state index is 0.848. The third-order valence-corrected chi connectivity index (χ3v) is 1.40. The first kappa shape index (κ1) is 6.33. The number of hydrogen-bond acceptors (Lipinski definition) is 2. The van der Waals surface area contributed by atoms with Gasteiger partial charge in [0.05, 0.1) is 7.11 Å². The van der Waals surface area contributed by atoms with E-state index in [1.807, 2.05) is 6.20 Å². The van der Waals surface area contributed by atoms with E-state index >= 15 is 0 Å². The fourth-order valence-electron chi connectivity index (χ4n) is 0.770. The number of hydrogen-bond donors (Lipinski definition) is 0. The van der Waals surface area contributed by atoms with Gasteiger partial charge in [0.1, 0.15) is 0 Å². The molecule has 1 heterocycles. The van der Waals surface area contributed by atoms with E-state index in [9.17, 15) is 0 Å². The van der Waals surface area contributed by atoms with Crippen LogP contribution in [-0.2, 0) is 4.74 Å². The minimum absolute atomic E-state index is 0.848. The Morgan fingerprint density at radius 2 is 2.33 bits per heavy atom. The van der Waals surface area contributed by atoms with Gasteiger partial charge in [-0.25, -0.2) is 4.99 Å². The largest absolute Gasteiger partial charge is 0.484 e. The van der Waals surface area contributed by atoms with Crippen molar-refractivity contribution in [2.45, 2.75) is 19.8 Å². The smallest absolute Gasteiger partial charge is 0.187 e. The highest BCUT2D eigenvalue weighted by Crippen LogP contribution is 2.10. The lowest BCUT2D eigenvalue weighted by molar-refractivity contribution is 0.388. The van der Waals surface area contributed by atoms with E-state index < -0.39 is 0 Å². The molecule has 0 atom stereocenters. The van der Waals surface area contributed by atoms with Gasteiger partial charge in [-0.2, -0.15) is 0 Å². The van der Waals surface area contributed by atoms with Gasteiger partial charge in [-0.05, 0) is 13.3 Å². The van der Waals surface area contributed by atoms with Crippen LogP contribution in [0.25, 0.3) is 0 Å². The standard InChI is InChI=1S/C7H11NO/c1-6-3-4-7(9-2)8-5-6/h5H,3-4H2,1-2H3. The summed E-state index contributed by atoms with van der Waals surface area (Å²) in [6, 6.07) is 0. The van der Waals surface area contributed by atoms with Crippen LogP contribution < -0.4 is 0 Å². The molecule has 1 aliphatic heterocycles. The second-order valence-electron chi connectivity index (χ2n) is 2.20. The summed E-state index contributed by atoms with van der Waals surface area (Å²) in [6.45, 7) is 2.08. The topological polar surface area (TPSA) is 21.6 Å². The van der Waals surface area contributed by atoms with Crippen molar-refractivity contribution in [2.75, 3.05) is 7.11 Å². The van der Waals surface area contributed by atoms with E-state index in [1.54, 1.807) is 7.11 Å². The lowest BCUT2D eigenvalue weighted by Gasteiger charge is -2.07. The molecule has 0 radical (unpaired) electrons. The Morgan fingerprint density at radius 1 is 1.56 bits per heavy atom. The summed E-state index contributed by atoms with van der Waals surface area (Å²) in [5, 5.41) is 0. The molecule has 50 valence electrons. The Kier molecular flexibility index (Phi) is 1.88. The highest BCUT2D eigenvalue weighted by molar-refractivity contribution is 5.77. The second kappa shape index (κ2) is 2.67. The summed E-state index contributed by atoms with van der Waals surface area (Å²) < 4.78 is 4.94. The molecule has 9 heavy (non-hydrogen) atoms. The van der Waals surface area contributed by atoms with Crippen molar-refractivity contribution in [3.8, 4) is 0 Å². The second-order valence-corrected chi connectivity index (χ2v) is 2.20. The maximum atomic E-state index is 4.94. The fourth-order valence-corrected chi connectivity index (χ4v) is 0.770. The van der Waals surface area contributed by atoms with Crippen molar-refractivity contribution in [1.82, 2.24) is 0 Å². The van der Waals surface area contributed by atoms with Crippen LogP contribution in [0.2, 0.25) is 0 Å². The highest BCUT2D eigenvalue weighted by Gasteiger charge is 2.02. The predicted octanol–water partition coefficient (Wildman–Crippen LogP) is 1.73. The first-order valence-electron chi connectivity index (χ1n) is 3.09. The lowest BCUT2D eigenvalue weighted by Crippen LogP contribution is -2.03. The van der Waals surface area contributed by atoms with E-state index in [4.69, 9.17) is 4.74 Å². The third kappa shape index (κ3) is 1.56. The van der Waals surface area contributed by atoms with E-state index in [-0.39, 0.29) is 0 Å². The summed E-state index contributed by atoms with van der Waals surface area (Å²) in [5.41, 5.74) is 1.33. The van der Waals surface area contributed by atoms with Crippen LogP contribution in [0.3, 0.4) is 0 Å². The van der Waals surface area contributed by atoms with Crippen molar-refractivity contribution in [2.24, 2.45) is 4.99 Å². The Morgan fingerprint density at radius 3 is 2.78 bits per heavy atom. The Labute approximate surface area is 55.2 Å². The van der Waals surface area contributed by atoms with Gasteiger partial charge in [0.25, 0.3) is 0 Å². The molecule has 1 aliphatic rings. The molecular formula is C7H11NO. The zero-order valence-electron chi connectivity index (χ0n) is 5.85. The van der Waals surface area contributed by atoms with Gasteiger partial charge in [-0.15, -0.1) is 0 Å². The zero-order valence-corrected chi connectivity index (χ0v) is 5.85. The summed E-state index contributed by atoms with van der Waals surface area (Å²) >= 11 is 0. The number of ether oxygens (including phenoxy) is 1. The number of aliphatic imine (C=N–C) groups is 1. The monoisotopic (exact) mass is 125 g/mol. The normalized spacial score (nSPS) is 18.4. The molecule has 0 bridgehead atoms. The molecule has 0 aromatic heterocycles. The molecule has 0 saturated heterocycles. The molecule has 0 unspecified atom stereocenters. The lowest BCUT2D eigenvalue weighted by atomic mass is 10.1. The Hall–Kier alpha value is -0.790. The van der Waals surface area contributed by atoms with Crippen LogP contribution in [0.4, 0.5) is 0 Å². The highest BCUT2D eigenvalue weighted by atomic mass is 16.5. The molecule has 2 heteroatoms. The Balaban J connectivity index is 2.59. The van der Waals surface area contributed by atoms with E-state index in [2.05, 4.69) is 11.9 Å². The van der Waals surface area contributed by atoms with Gasteiger partial charge in [0.15, 0.2) is 5.90 Å². The SMILES string of the molecule is COC1=NC=C(C)CC1. The van der Waals surface area contributed by atoms with Crippen LogP contribution in [0.5, 0.6) is 0 Å². The number of allylic oxidation sites excluding steroid dienone is 1. The van der Waals surface area contributed by atoms with Crippen molar-refractivity contribution in [1.29, 1.82) is 0 Å². The Bertz CT molecular complexity index is 158. The van der Waals surface area contributed by atoms with E-state index in [1.165, 1.54) is 5.57 Å². The molecule has 0 aliphatic carbocycles. The number of methoxy groups -OCH3 is 1. The van der Waals surface area contributed by atoms with Crippen molar-refractivity contribution in [3.05, 3.63) is 11.8 Å². The summed E-state index contributed by atoms with van der Waals surface area (Å²) in [4.78, 5) is 4.06. The van der Waals surface area contributed by atoms with Gasteiger partial charge in [-0.1, -0.05) is 5.57 Å². The molecule has 0 aromatic carbocycles. The van der Waals surface area contributed by atoms with Crippen molar-refractivity contribution >= 4 is 5.90 Å². The summed E-state index contributed by atoms with van der Waals surface area (Å²) in [5.74, 6) is 0.848. The number of rotatable bonds is 0. The van der Waals surface area contributed by atoms with Gasteiger partial charge in [0.2, 0.25) is 0 Å². The average Bonchev–Trinajstić information content (AvgIpc) is 1.90. The summed E-state index contributed by atoms with van der Waals surface area (Å²) in [7, 11) is 1.66. The van der Waals surface area contributed by atoms with Crippen LogP contribution in [0.15, 0.2) is 16.8 Å². The first-order valence-corrected chi connectivity index (χ1v) is 3.09. The molecule has 0 fully saturated rings. The zero-order chi connectivity index (χ0) is 6.69. The first-order chi connectivity index (χ1) is 4.33. The molecule has 2 nitrogen and oxygen atoms in total. The van der Waals surface area contributed by atoms with Gasteiger partial charge >= 0.3 is 0 Å². The van der Waals surface area contributed by atoms with Crippen LogP contribution in [0, 0.1) is 0 Å². The molecule has 1 rings (SSSR count). The maximum absolute atomic E-state index is 4.94. The molecule has 0 N–H and O–H groups in total. The molecule has 0 spiro atoms. The minimum Gasteiger partial charge on any atom is -0.484 e. The predicted molar refractivity (Wildman–Crippen MR) is 37.4 cm³/mol. The van der Waals surface area contributed by atoms with E-state index in [0.717, 1.165) is 18.7 Å². The van der Waals surface area contributed by atoms with Crippen LogP contribution in [0.1, 0.15) is 19.8 Å². The van der Waals surface area contributed by atoms with Crippen molar-refractivity contribution < 1.29 is 4.74 Å². The molecular weight excluding hydrogens is 114 g/mol. The molecule has 0 amide bonds. The third-order valence-electron chi connectivity index (χ3n) is 1.40. The van der Waals surface area contributed by atoms with Gasteiger partial charge in [-0.3, -0.25) is 0 Å². The van der Waals surface area contributed by atoms with Crippen LogP contribution in [-0.4, -0.2) is 13.0 Å². The molecule has 0 aromatic rings. The average molecular weight is 125 g/mol.